The molecule has 0 saturated carbocycles. The largest absolute Gasteiger partial charge is 0.496 e. The van der Waals surface area contributed by atoms with Crippen LogP contribution in [0.5, 0.6) is 5.75 Å². The molecule has 0 aliphatic rings. The maximum absolute atomic E-state index is 11.8. The van der Waals surface area contributed by atoms with E-state index in [9.17, 15) is 9.59 Å². The minimum Gasteiger partial charge on any atom is -0.496 e. The number of methoxy groups -OCH3 is 2. The predicted octanol–water partition coefficient (Wildman–Crippen LogP) is 1.26. The van der Waals surface area contributed by atoms with Crippen LogP contribution in [0.1, 0.15) is 12.0 Å². The van der Waals surface area contributed by atoms with Gasteiger partial charge in [0, 0.05) is 13.5 Å². The van der Waals surface area contributed by atoms with E-state index in [0.29, 0.717) is 12.8 Å². The Labute approximate surface area is 113 Å². The van der Waals surface area contributed by atoms with Crippen LogP contribution in [0.3, 0.4) is 0 Å². The minimum absolute atomic E-state index is 0.0265. The molecule has 0 aromatic heterocycles. The fourth-order valence-electron chi connectivity index (χ4n) is 1.69. The molecular weight excluding hydrogens is 246 g/mol. The van der Waals surface area contributed by atoms with Crippen molar-refractivity contribution in [2.75, 3.05) is 27.8 Å². The first-order chi connectivity index (χ1) is 9.08. The number of hydrogen-bond acceptors (Lipinski definition) is 4. The lowest BCUT2D eigenvalue weighted by atomic mass is 10.1. The molecule has 0 N–H and O–H groups in total. The van der Waals surface area contributed by atoms with Gasteiger partial charge < -0.3 is 14.4 Å². The molecule has 0 aliphatic carbocycles. The van der Waals surface area contributed by atoms with E-state index in [1.165, 1.54) is 12.0 Å². The Hall–Kier alpha value is -2.04. The van der Waals surface area contributed by atoms with Crippen LogP contribution in [0, 0.1) is 0 Å². The number of carbonyl (C=O) groups is 2. The van der Waals surface area contributed by atoms with Crippen molar-refractivity contribution in [1.82, 2.24) is 4.90 Å². The number of amides is 1. The summed E-state index contributed by atoms with van der Waals surface area (Å²) in [6.07, 6.45) is 0.905. The molecule has 0 heterocycles. The first kappa shape index (κ1) is 15.0. The number of carbonyl (C=O) groups excluding carboxylic acids is 2. The monoisotopic (exact) mass is 265 g/mol. The maximum atomic E-state index is 11.8. The van der Waals surface area contributed by atoms with Gasteiger partial charge >= 0.3 is 5.97 Å². The lowest BCUT2D eigenvalue weighted by molar-refractivity contribution is -0.146. The smallest absolute Gasteiger partial charge is 0.325 e. The molecule has 0 aliphatic heterocycles. The quantitative estimate of drug-likeness (QED) is 0.727. The van der Waals surface area contributed by atoms with E-state index in [4.69, 9.17) is 4.74 Å². The third kappa shape index (κ3) is 4.62. The molecule has 1 aromatic rings. The molecular formula is C14H19NO4. The van der Waals surface area contributed by atoms with E-state index in [1.54, 1.807) is 14.2 Å². The summed E-state index contributed by atoms with van der Waals surface area (Å²) in [7, 11) is 4.49. The fraction of sp³-hybridized carbons (Fsp3) is 0.429. The Morgan fingerprint density at radius 1 is 1.21 bits per heavy atom. The van der Waals surface area contributed by atoms with Gasteiger partial charge in [0.15, 0.2) is 0 Å². The Morgan fingerprint density at radius 3 is 2.53 bits per heavy atom. The van der Waals surface area contributed by atoms with Crippen LogP contribution in [-0.2, 0) is 20.7 Å². The molecule has 1 rings (SSSR count). The van der Waals surface area contributed by atoms with Gasteiger partial charge in [-0.3, -0.25) is 9.59 Å². The van der Waals surface area contributed by atoms with Gasteiger partial charge in [-0.25, -0.2) is 0 Å². The van der Waals surface area contributed by atoms with E-state index in [-0.39, 0.29) is 12.5 Å². The Kier molecular flexibility index (Phi) is 5.85. The topological polar surface area (TPSA) is 55.8 Å². The molecule has 5 heteroatoms. The van der Waals surface area contributed by atoms with Crippen LogP contribution in [0.15, 0.2) is 24.3 Å². The van der Waals surface area contributed by atoms with Crippen LogP contribution in [-0.4, -0.2) is 44.6 Å². The second-order valence-corrected chi connectivity index (χ2v) is 4.14. The van der Waals surface area contributed by atoms with Crippen LogP contribution < -0.4 is 4.74 Å². The first-order valence-corrected chi connectivity index (χ1v) is 6.01. The second-order valence-electron chi connectivity index (χ2n) is 4.14. The van der Waals surface area contributed by atoms with Gasteiger partial charge in [-0.05, 0) is 18.1 Å². The van der Waals surface area contributed by atoms with Gasteiger partial charge in [0.05, 0.1) is 14.2 Å². The Morgan fingerprint density at radius 2 is 1.89 bits per heavy atom. The zero-order valence-electron chi connectivity index (χ0n) is 11.5. The highest BCUT2D eigenvalue weighted by atomic mass is 16.5. The summed E-state index contributed by atoms with van der Waals surface area (Å²) in [6, 6.07) is 7.57. The molecule has 0 atom stereocenters. The summed E-state index contributed by atoms with van der Waals surface area (Å²) in [6.45, 7) is -0.0265. The number of rotatable bonds is 6. The summed E-state index contributed by atoms with van der Waals surface area (Å²) < 4.78 is 9.74. The van der Waals surface area contributed by atoms with Crippen molar-refractivity contribution in [2.24, 2.45) is 0 Å². The van der Waals surface area contributed by atoms with E-state index >= 15 is 0 Å². The molecule has 19 heavy (non-hydrogen) atoms. The highest BCUT2D eigenvalue weighted by molar-refractivity contribution is 5.81. The van der Waals surface area contributed by atoms with Crippen molar-refractivity contribution < 1.29 is 19.1 Å². The lowest BCUT2D eigenvalue weighted by Gasteiger charge is -2.16. The molecule has 104 valence electrons. The third-order valence-corrected chi connectivity index (χ3v) is 2.82. The highest BCUT2D eigenvalue weighted by Gasteiger charge is 2.13. The molecule has 0 saturated heterocycles. The van der Waals surface area contributed by atoms with Crippen molar-refractivity contribution in [3.05, 3.63) is 29.8 Å². The zero-order valence-corrected chi connectivity index (χ0v) is 11.5. The number of aryl methyl sites for hydroxylation is 1. The summed E-state index contributed by atoms with van der Waals surface area (Å²) >= 11 is 0. The molecule has 0 fully saturated rings. The van der Waals surface area contributed by atoms with E-state index in [2.05, 4.69) is 4.74 Å². The van der Waals surface area contributed by atoms with Gasteiger partial charge in [0.25, 0.3) is 0 Å². The molecule has 5 nitrogen and oxygen atoms in total. The number of hydrogen-bond donors (Lipinski definition) is 0. The molecule has 1 aromatic carbocycles. The van der Waals surface area contributed by atoms with Gasteiger partial charge in [0.2, 0.25) is 5.91 Å². The summed E-state index contributed by atoms with van der Waals surface area (Å²) in [5, 5.41) is 0. The summed E-state index contributed by atoms with van der Waals surface area (Å²) in [5.41, 5.74) is 0.977. The number of ether oxygens (including phenoxy) is 2. The fourth-order valence-corrected chi connectivity index (χ4v) is 1.69. The number of nitrogens with zero attached hydrogens (tertiary/aromatic N) is 1. The highest BCUT2D eigenvalue weighted by Crippen LogP contribution is 2.18. The lowest BCUT2D eigenvalue weighted by Crippen LogP contribution is -2.32. The SMILES string of the molecule is COC(=O)CN(C)C(=O)CCc1ccccc1OC. The van der Waals surface area contributed by atoms with E-state index in [1.807, 2.05) is 24.3 Å². The number of benzene rings is 1. The number of likely N-dealkylation sites (N-methyl/N-ethyl adjacent to an activating group) is 1. The maximum Gasteiger partial charge on any atom is 0.325 e. The van der Waals surface area contributed by atoms with Crippen molar-refractivity contribution in [2.45, 2.75) is 12.8 Å². The van der Waals surface area contributed by atoms with Crippen molar-refractivity contribution in [1.29, 1.82) is 0 Å². The van der Waals surface area contributed by atoms with Gasteiger partial charge in [0.1, 0.15) is 12.3 Å². The van der Waals surface area contributed by atoms with Crippen molar-refractivity contribution in [3.8, 4) is 5.75 Å². The standard InChI is InChI=1S/C14H19NO4/c1-15(10-14(17)19-3)13(16)9-8-11-6-4-5-7-12(11)18-2/h4-7H,8-10H2,1-3H3. The van der Waals surface area contributed by atoms with Gasteiger partial charge in [-0.2, -0.15) is 0 Å². The van der Waals surface area contributed by atoms with Crippen molar-refractivity contribution in [3.63, 3.8) is 0 Å². The molecule has 0 bridgehead atoms. The van der Waals surface area contributed by atoms with Gasteiger partial charge in [-0.15, -0.1) is 0 Å². The summed E-state index contributed by atoms with van der Waals surface area (Å²) in [5.74, 6) is 0.246. The molecule has 0 unspecified atom stereocenters. The van der Waals surface area contributed by atoms with Crippen LogP contribution in [0.25, 0.3) is 0 Å². The third-order valence-electron chi connectivity index (χ3n) is 2.82. The number of esters is 1. The number of para-hydroxylation sites is 1. The Balaban J connectivity index is 2.52. The molecule has 1 amide bonds. The second kappa shape index (κ2) is 7.41. The van der Waals surface area contributed by atoms with E-state index in [0.717, 1.165) is 11.3 Å². The van der Waals surface area contributed by atoms with Gasteiger partial charge in [-0.1, -0.05) is 18.2 Å². The van der Waals surface area contributed by atoms with E-state index < -0.39 is 5.97 Å². The minimum atomic E-state index is -0.423. The van der Waals surface area contributed by atoms with Crippen LogP contribution >= 0.6 is 0 Å². The average Bonchev–Trinajstić information content (AvgIpc) is 2.44. The zero-order chi connectivity index (χ0) is 14.3. The Bertz CT molecular complexity index is 445. The van der Waals surface area contributed by atoms with Crippen LogP contribution in [0.2, 0.25) is 0 Å². The molecule has 0 spiro atoms. The normalized spacial score (nSPS) is 9.84. The predicted molar refractivity (Wildman–Crippen MR) is 71.0 cm³/mol. The first-order valence-electron chi connectivity index (χ1n) is 6.01. The summed E-state index contributed by atoms with van der Waals surface area (Å²) in [4.78, 5) is 24.3. The van der Waals surface area contributed by atoms with Crippen LogP contribution in [0.4, 0.5) is 0 Å². The van der Waals surface area contributed by atoms with Crippen molar-refractivity contribution >= 4 is 11.9 Å². The molecule has 0 radical (unpaired) electrons. The average molecular weight is 265 g/mol.